The quantitative estimate of drug-likeness (QED) is 0.702. The van der Waals surface area contributed by atoms with Crippen LogP contribution in [-0.2, 0) is 11.3 Å². The minimum absolute atomic E-state index is 0.250. The van der Waals surface area contributed by atoms with Crippen molar-refractivity contribution in [3.63, 3.8) is 0 Å². The maximum absolute atomic E-state index is 9.23. The SMILES string of the molecule is C#C[C@H](C[C@H](O)CO)OCc1ccccc1. The minimum Gasteiger partial charge on any atom is -0.394 e. The lowest BCUT2D eigenvalue weighted by molar-refractivity contribution is 0.0161. The molecule has 1 aromatic rings. The smallest absolute Gasteiger partial charge is 0.120 e. The van der Waals surface area contributed by atoms with Crippen LogP contribution < -0.4 is 0 Å². The number of hydrogen-bond donors (Lipinski definition) is 2. The van der Waals surface area contributed by atoms with Crippen molar-refractivity contribution in [1.82, 2.24) is 0 Å². The molecule has 0 heterocycles. The van der Waals surface area contributed by atoms with Gasteiger partial charge in [0.05, 0.1) is 19.3 Å². The van der Waals surface area contributed by atoms with E-state index < -0.39 is 12.2 Å². The van der Waals surface area contributed by atoms with Gasteiger partial charge in [0.15, 0.2) is 0 Å². The molecule has 0 aliphatic heterocycles. The summed E-state index contributed by atoms with van der Waals surface area (Å²) in [5.41, 5.74) is 1.03. The second kappa shape index (κ2) is 7.02. The molecular formula is C13H16O3. The normalized spacial score (nSPS) is 14.1. The largest absolute Gasteiger partial charge is 0.394 e. The summed E-state index contributed by atoms with van der Waals surface area (Å²) in [5.74, 6) is 2.44. The van der Waals surface area contributed by atoms with Crippen LogP contribution in [-0.4, -0.2) is 29.0 Å². The van der Waals surface area contributed by atoms with Crippen molar-refractivity contribution in [2.24, 2.45) is 0 Å². The molecule has 0 saturated carbocycles. The van der Waals surface area contributed by atoms with E-state index >= 15 is 0 Å². The lowest BCUT2D eigenvalue weighted by atomic mass is 10.1. The van der Waals surface area contributed by atoms with Crippen LogP contribution in [0.15, 0.2) is 30.3 Å². The molecule has 3 heteroatoms. The number of rotatable bonds is 6. The highest BCUT2D eigenvalue weighted by Crippen LogP contribution is 2.07. The average molecular weight is 220 g/mol. The van der Waals surface area contributed by atoms with Crippen molar-refractivity contribution in [3.05, 3.63) is 35.9 Å². The van der Waals surface area contributed by atoms with E-state index in [1.807, 2.05) is 30.3 Å². The zero-order valence-corrected chi connectivity index (χ0v) is 9.04. The van der Waals surface area contributed by atoms with Gasteiger partial charge in [-0.15, -0.1) is 6.42 Å². The number of aliphatic hydroxyl groups is 2. The first-order valence-corrected chi connectivity index (χ1v) is 5.17. The summed E-state index contributed by atoms with van der Waals surface area (Å²) in [4.78, 5) is 0. The van der Waals surface area contributed by atoms with Crippen molar-refractivity contribution in [3.8, 4) is 12.3 Å². The molecule has 0 aliphatic rings. The average Bonchev–Trinajstić information content (AvgIpc) is 2.35. The van der Waals surface area contributed by atoms with E-state index in [2.05, 4.69) is 5.92 Å². The molecule has 2 atom stereocenters. The molecule has 3 nitrogen and oxygen atoms in total. The van der Waals surface area contributed by atoms with Gasteiger partial charge < -0.3 is 14.9 Å². The number of ether oxygens (including phenoxy) is 1. The zero-order valence-electron chi connectivity index (χ0n) is 9.04. The fourth-order valence-electron chi connectivity index (χ4n) is 1.28. The number of benzene rings is 1. The Morgan fingerprint density at radius 3 is 2.56 bits per heavy atom. The number of hydrogen-bond acceptors (Lipinski definition) is 3. The Morgan fingerprint density at radius 1 is 1.31 bits per heavy atom. The highest BCUT2D eigenvalue weighted by molar-refractivity contribution is 5.13. The second-order valence-corrected chi connectivity index (χ2v) is 3.52. The monoisotopic (exact) mass is 220 g/mol. The summed E-state index contributed by atoms with van der Waals surface area (Å²) in [6.45, 7) is 0.112. The maximum atomic E-state index is 9.23. The molecule has 1 rings (SSSR count). The van der Waals surface area contributed by atoms with Crippen molar-refractivity contribution in [2.45, 2.75) is 25.2 Å². The molecule has 0 aliphatic carbocycles. The van der Waals surface area contributed by atoms with Gasteiger partial charge in [-0.1, -0.05) is 36.3 Å². The van der Waals surface area contributed by atoms with E-state index in [9.17, 15) is 5.11 Å². The Bertz CT molecular complexity index is 329. The molecule has 0 saturated heterocycles. The predicted octanol–water partition coefficient (Wildman–Crippen LogP) is 0.948. The van der Waals surface area contributed by atoms with Crippen LogP contribution in [0, 0.1) is 12.3 Å². The van der Waals surface area contributed by atoms with Crippen LogP contribution in [0.3, 0.4) is 0 Å². The molecule has 0 aromatic heterocycles. The lowest BCUT2D eigenvalue weighted by Crippen LogP contribution is -2.22. The fraction of sp³-hybridized carbons (Fsp3) is 0.385. The highest BCUT2D eigenvalue weighted by atomic mass is 16.5. The summed E-state index contributed by atoms with van der Waals surface area (Å²) in [6.07, 6.45) is 4.23. The van der Waals surface area contributed by atoms with Gasteiger partial charge in [-0.25, -0.2) is 0 Å². The van der Waals surface area contributed by atoms with Gasteiger partial charge in [-0.3, -0.25) is 0 Å². The maximum Gasteiger partial charge on any atom is 0.120 e. The van der Waals surface area contributed by atoms with E-state index in [0.29, 0.717) is 6.61 Å². The summed E-state index contributed by atoms with van der Waals surface area (Å²) in [5, 5.41) is 17.9. The number of terminal acetylenes is 1. The molecule has 2 N–H and O–H groups in total. The van der Waals surface area contributed by atoms with Gasteiger partial charge in [0.1, 0.15) is 6.10 Å². The standard InChI is InChI=1S/C13H16O3/c1-2-13(8-12(15)9-14)16-10-11-6-4-3-5-7-11/h1,3-7,12-15H,8-10H2/t12-,13+/m0/s1. The highest BCUT2D eigenvalue weighted by Gasteiger charge is 2.11. The molecule has 1 aromatic carbocycles. The first-order chi connectivity index (χ1) is 7.76. The van der Waals surface area contributed by atoms with Crippen LogP contribution in [0.1, 0.15) is 12.0 Å². The molecular weight excluding hydrogens is 204 g/mol. The summed E-state index contributed by atoms with van der Waals surface area (Å²) < 4.78 is 5.44. The van der Waals surface area contributed by atoms with E-state index in [-0.39, 0.29) is 13.0 Å². The van der Waals surface area contributed by atoms with Gasteiger partial charge >= 0.3 is 0 Å². The summed E-state index contributed by atoms with van der Waals surface area (Å²) in [7, 11) is 0. The molecule has 0 fully saturated rings. The minimum atomic E-state index is -0.822. The third-order valence-corrected chi connectivity index (χ3v) is 2.18. The summed E-state index contributed by atoms with van der Waals surface area (Å²) >= 11 is 0. The van der Waals surface area contributed by atoms with E-state index in [1.165, 1.54) is 0 Å². The van der Waals surface area contributed by atoms with Gasteiger partial charge in [-0.05, 0) is 5.56 Å². The first-order valence-electron chi connectivity index (χ1n) is 5.17. The van der Waals surface area contributed by atoms with Gasteiger partial charge in [-0.2, -0.15) is 0 Å². The van der Waals surface area contributed by atoms with Gasteiger partial charge in [0.2, 0.25) is 0 Å². The third kappa shape index (κ3) is 4.45. The Morgan fingerprint density at radius 2 is 2.00 bits per heavy atom. The fourth-order valence-corrected chi connectivity index (χ4v) is 1.28. The molecule has 0 bridgehead atoms. The molecule has 0 unspecified atom stereocenters. The first kappa shape index (κ1) is 12.7. The molecule has 0 amide bonds. The van der Waals surface area contributed by atoms with Crippen molar-refractivity contribution in [1.29, 1.82) is 0 Å². The second-order valence-electron chi connectivity index (χ2n) is 3.52. The van der Waals surface area contributed by atoms with Crippen LogP contribution in [0.25, 0.3) is 0 Å². The van der Waals surface area contributed by atoms with Gasteiger partial charge in [0.25, 0.3) is 0 Å². The van der Waals surface area contributed by atoms with E-state index in [0.717, 1.165) is 5.56 Å². The Labute approximate surface area is 95.7 Å². The van der Waals surface area contributed by atoms with Crippen molar-refractivity contribution < 1.29 is 14.9 Å². The van der Waals surface area contributed by atoms with Crippen molar-refractivity contribution in [2.75, 3.05) is 6.61 Å². The Hall–Kier alpha value is -1.34. The van der Waals surface area contributed by atoms with Crippen LogP contribution in [0.2, 0.25) is 0 Å². The van der Waals surface area contributed by atoms with E-state index in [4.69, 9.17) is 16.3 Å². The van der Waals surface area contributed by atoms with Gasteiger partial charge in [0, 0.05) is 6.42 Å². The molecule has 86 valence electrons. The van der Waals surface area contributed by atoms with Crippen LogP contribution >= 0.6 is 0 Å². The Kier molecular flexibility index (Phi) is 5.58. The van der Waals surface area contributed by atoms with Crippen molar-refractivity contribution >= 4 is 0 Å². The molecule has 0 spiro atoms. The lowest BCUT2D eigenvalue weighted by Gasteiger charge is -2.14. The Balaban J connectivity index is 2.38. The zero-order chi connectivity index (χ0) is 11.8. The van der Waals surface area contributed by atoms with Crippen LogP contribution in [0.4, 0.5) is 0 Å². The van der Waals surface area contributed by atoms with Crippen LogP contribution in [0.5, 0.6) is 0 Å². The number of aliphatic hydroxyl groups excluding tert-OH is 2. The third-order valence-electron chi connectivity index (χ3n) is 2.18. The predicted molar refractivity (Wildman–Crippen MR) is 61.6 cm³/mol. The molecule has 0 radical (unpaired) electrons. The molecule has 16 heavy (non-hydrogen) atoms. The van der Waals surface area contributed by atoms with E-state index in [1.54, 1.807) is 0 Å². The topological polar surface area (TPSA) is 49.7 Å². The summed E-state index contributed by atoms with van der Waals surface area (Å²) in [6, 6.07) is 9.65.